The van der Waals surface area contributed by atoms with E-state index in [1.165, 1.54) is 59.1 Å². The molecular weight excluding hydrogens is 507 g/mol. The molecule has 2 aliphatic rings. The molecule has 34 heavy (non-hydrogen) atoms. The Labute approximate surface area is 236 Å². The Hall–Kier alpha value is -1.09. The second kappa shape index (κ2) is 22.4. The zero-order valence-corrected chi connectivity index (χ0v) is 25.8. The average molecular weight is 548 g/mol. The van der Waals surface area contributed by atoms with Crippen LogP contribution in [0.4, 0.5) is 0 Å². The number of allylic oxidation sites excluding steroid dienone is 8. The summed E-state index contributed by atoms with van der Waals surface area (Å²) < 4.78 is 0. The first-order chi connectivity index (χ1) is 14.8. The van der Waals surface area contributed by atoms with Crippen LogP contribution < -0.4 is 0 Å². The summed E-state index contributed by atoms with van der Waals surface area (Å²) in [5.74, 6) is 0. The van der Waals surface area contributed by atoms with E-state index in [4.69, 9.17) is 0 Å². The number of rotatable bonds is 6. The average Bonchev–Trinajstić information content (AvgIpc) is 3.48. The molecule has 0 aliphatic heterocycles. The van der Waals surface area contributed by atoms with Crippen LogP contribution in [0, 0.1) is 27.0 Å². The van der Waals surface area contributed by atoms with Crippen LogP contribution in [0.5, 0.6) is 0 Å². The molecule has 0 atom stereocenters. The molecule has 0 spiro atoms. The van der Waals surface area contributed by atoms with E-state index in [0.717, 1.165) is 12.8 Å². The summed E-state index contributed by atoms with van der Waals surface area (Å²) >= 11 is 2.03. The van der Waals surface area contributed by atoms with E-state index in [2.05, 4.69) is 98.8 Å². The van der Waals surface area contributed by atoms with Crippen LogP contribution in [0.1, 0.15) is 63.5 Å². The Morgan fingerprint density at radius 2 is 0.971 bits per heavy atom. The monoisotopic (exact) mass is 546 g/mol. The molecule has 0 radical (unpaired) electrons. The van der Waals surface area contributed by atoms with E-state index in [1.807, 2.05) is 26.8 Å². The molecule has 0 saturated heterocycles. The Morgan fingerprint density at radius 3 is 1.26 bits per heavy atom. The summed E-state index contributed by atoms with van der Waals surface area (Å²) in [6.07, 6.45) is 18.4. The first kappa shape index (κ1) is 37.5. The van der Waals surface area contributed by atoms with Crippen molar-refractivity contribution in [2.24, 2.45) is 0 Å². The van der Waals surface area contributed by atoms with Crippen LogP contribution >= 0.6 is 24.8 Å². The van der Waals surface area contributed by atoms with Gasteiger partial charge in [-0.2, -0.15) is 35.5 Å². The van der Waals surface area contributed by atoms with E-state index in [9.17, 15) is 0 Å². The van der Waals surface area contributed by atoms with Crippen molar-refractivity contribution < 1.29 is 19.2 Å². The van der Waals surface area contributed by atoms with Gasteiger partial charge in [0, 0.05) is 0 Å². The van der Waals surface area contributed by atoms with Crippen molar-refractivity contribution in [3.63, 3.8) is 0 Å². The van der Waals surface area contributed by atoms with E-state index in [1.54, 1.807) is 0 Å². The molecular formula is C30H40Cl2SiTi-4. The number of halogens is 2. The quantitative estimate of drug-likeness (QED) is 0.250. The second-order valence-corrected chi connectivity index (χ2v) is 7.37. The predicted molar refractivity (Wildman–Crippen MR) is 157 cm³/mol. The number of hydrogen-bond donors (Lipinski definition) is 0. The fraction of sp³-hybridized carbons (Fsp3) is 0.267. The first-order valence-electron chi connectivity index (χ1n) is 10.9. The third kappa shape index (κ3) is 12.6. The van der Waals surface area contributed by atoms with Gasteiger partial charge < -0.3 is 14.9 Å². The summed E-state index contributed by atoms with van der Waals surface area (Å²) in [5, 5.41) is 0. The van der Waals surface area contributed by atoms with Gasteiger partial charge in [-0.25, -0.2) is 0 Å². The van der Waals surface area contributed by atoms with Crippen LogP contribution in [0.3, 0.4) is 0 Å². The zero-order chi connectivity index (χ0) is 21.6. The summed E-state index contributed by atoms with van der Waals surface area (Å²) in [6.45, 7) is 4.45. The van der Waals surface area contributed by atoms with Crippen molar-refractivity contribution in [2.75, 3.05) is 0 Å². The van der Waals surface area contributed by atoms with E-state index in [0.29, 0.717) is 0 Å². The predicted octanol–water partition coefficient (Wildman–Crippen LogP) is 8.83. The molecule has 2 aromatic rings. The molecule has 0 aromatic heterocycles. The molecule has 0 amide bonds. The van der Waals surface area contributed by atoms with Crippen molar-refractivity contribution in [3.8, 4) is 0 Å². The Bertz CT molecular complexity index is 824. The molecule has 2 aromatic carbocycles. The normalized spacial score (nSPS) is 12.6. The minimum absolute atomic E-state index is 0. The maximum atomic E-state index is 3.43. The molecule has 0 heterocycles. The second-order valence-electron chi connectivity index (χ2n) is 7.37. The minimum atomic E-state index is 0. The molecule has 2 aliphatic carbocycles. The Balaban J connectivity index is -0.000000475. The van der Waals surface area contributed by atoms with Gasteiger partial charge in [-0.15, -0.1) is 71.4 Å². The van der Waals surface area contributed by atoms with Crippen LogP contribution in [-0.2, 0) is 19.2 Å². The van der Waals surface area contributed by atoms with Gasteiger partial charge in [0.2, 0.25) is 0 Å². The molecule has 0 fully saturated rings. The summed E-state index contributed by atoms with van der Waals surface area (Å²) in [4.78, 5) is 0. The topological polar surface area (TPSA) is 0 Å². The van der Waals surface area contributed by atoms with Gasteiger partial charge in [-0.05, 0) is 12.8 Å². The van der Waals surface area contributed by atoms with Crippen LogP contribution in [-0.4, -0.2) is 7.63 Å². The fourth-order valence-electron chi connectivity index (χ4n) is 3.60. The molecule has 0 unspecified atom stereocenters. The van der Waals surface area contributed by atoms with Crippen LogP contribution in [0.15, 0.2) is 84.0 Å². The maximum absolute atomic E-state index is 3.43. The summed E-state index contributed by atoms with van der Waals surface area (Å²) in [7, 11) is 1.86. The Morgan fingerprint density at radius 1 is 0.647 bits per heavy atom. The van der Waals surface area contributed by atoms with Crippen molar-refractivity contribution in [1.29, 1.82) is 0 Å². The third-order valence-electron chi connectivity index (χ3n) is 5.02. The fourth-order valence-corrected chi connectivity index (χ4v) is 3.60. The molecule has 186 valence electrons. The SMILES string of the molecule is CCCC1=CC(c2ccccc2)=[C-]C1.CCCC1=CC(c2ccccc2)=[C-]C1.Cl.Cl.[CH3-].[CH3-].[SiH2]=[Ti]. The molecule has 4 rings (SSSR count). The number of benzene rings is 2. The molecule has 0 saturated carbocycles. The number of hydrogen-bond acceptors (Lipinski definition) is 0. The van der Waals surface area contributed by atoms with Crippen LogP contribution in [0.25, 0.3) is 11.1 Å². The van der Waals surface area contributed by atoms with Crippen molar-refractivity contribution in [1.82, 2.24) is 0 Å². The van der Waals surface area contributed by atoms with E-state index < -0.39 is 0 Å². The van der Waals surface area contributed by atoms with Crippen molar-refractivity contribution >= 4 is 43.6 Å². The third-order valence-corrected chi connectivity index (χ3v) is 5.02. The molecule has 0 bridgehead atoms. The molecule has 4 heteroatoms. The standard InChI is InChI=1S/2C14H15.2CH3.2ClH.H2Si.Ti/c2*1-2-6-12-9-10-14(11-12)13-7-4-3-5-8-13;;;;;;/h2*3-5,7-8,11H,2,6,9H2,1H3;2*1H3;2*1H;1H2;/q4*-1;;;;. The van der Waals surface area contributed by atoms with Crippen molar-refractivity contribution in [3.05, 3.63) is 122 Å². The molecule has 0 nitrogen and oxygen atoms in total. The van der Waals surface area contributed by atoms with Crippen molar-refractivity contribution in [2.45, 2.75) is 52.4 Å². The van der Waals surface area contributed by atoms with Gasteiger partial charge in [0.1, 0.15) is 0 Å². The molecule has 0 N–H and O–H groups in total. The first-order valence-corrected chi connectivity index (χ1v) is 14.9. The van der Waals surface area contributed by atoms with Gasteiger partial charge >= 0.3 is 26.8 Å². The van der Waals surface area contributed by atoms with Gasteiger partial charge in [0.25, 0.3) is 0 Å². The zero-order valence-electron chi connectivity index (χ0n) is 21.2. The van der Waals surface area contributed by atoms with Gasteiger partial charge in [-0.1, -0.05) is 75.9 Å². The van der Waals surface area contributed by atoms with Gasteiger partial charge in [-0.3, -0.25) is 0 Å². The van der Waals surface area contributed by atoms with E-state index in [-0.39, 0.29) is 39.7 Å². The summed E-state index contributed by atoms with van der Waals surface area (Å²) in [6, 6.07) is 21.0. The van der Waals surface area contributed by atoms with Gasteiger partial charge in [0.15, 0.2) is 0 Å². The van der Waals surface area contributed by atoms with Crippen LogP contribution in [0.2, 0.25) is 0 Å². The summed E-state index contributed by atoms with van der Waals surface area (Å²) in [5.41, 5.74) is 8.16. The van der Waals surface area contributed by atoms with Gasteiger partial charge in [0.05, 0.1) is 0 Å². The Kier molecular flexibility index (Phi) is 24.7. The van der Waals surface area contributed by atoms with E-state index >= 15 is 0 Å².